The van der Waals surface area contributed by atoms with E-state index in [9.17, 15) is 0 Å². The molecule has 0 fully saturated rings. The van der Waals surface area contributed by atoms with Gasteiger partial charge in [0, 0.05) is 33.7 Å². The normalized spacial score (nSPS) is 11.0. The van der Waals surface area contributed by atoms with Crippen LogP contribution in [0.25, 0.3) is 0 Å². The maximum Gasteiger partial charge on any atom is 0.191 e. The topological polar surface area (TPSA) is 68.0 Å². The Morgan fingerprint density at radius 1 is 1.25 bits per heavy atom. The second-order valence-corrected chi connectivity index (χ2v) is 3.86. The van der Waals surface area contributed by atoms with Gasteiger partial charge >= 0.3 is 0 Å². The molecule has 1 aromatic rings. The third kappa shape index (κ3) is 9.16. The van der Waals surface area contributed by atoms with E-state index >= 15 is 0 Å². The SMILES string of the molecule is CN=C(NCCOCCOC)NCCc1ccco1.I. The molecule has 1 aromatic heterocycles. The van der Waals surface area contributed by atoms with Gasteiger partial charge in [-0.1, -0.05) is 0 Å². The highest BCUT2D eigenvalue weighted by Gasteiger charge is 1.98. The molecule has 0 spiro atoms. The van der Waals surface area contributed by atoms with Crippen LogP contribution in [0.4, 0.5) is 0 Å². The maximum absolute atomic E-state index is 5.35. The number of aliphatic imine (C=N–C) groups is 1. The van der Waals surface area contributed by atoms with Crippen molar-refractivity contribution >= 4 is 29.9 Å². The van der Waals surface area contributed by atoms with Crippen molar-refractivity contribution < 1.29 is 13.9 Å². The number of ether oxygens (including phenoxy) is 2. The van der Waals surface area contributed by atoms with E-state index in [0.29, 0.717) is 26.4 Å². The Bertz CT molecular complexity index is 345. The molecule has 0 atom stereocenters. The molecule has 6 nitrogen and oxygen atoms in total. The number of methoxy groups -OCH3 is 1. The highest BCUT2D eigenvalue weighted by molar-refractivity contribution is 14.0. The van der Waals surface area contributed by atoms with Gasteiger partial charge in [-0.3, -0.25) is 4.99 Å². The van der Waals surface area contributed by atoms with Crippen LogP contribution in [0.5, 0.6) is 0 Å². The third-order valence-electron chi connectivity index (χ3n) is 2.44. The number of nitrogens with zero attached hydrogens (tertiary/aromatic N) is 1. The molecule has 0 amide bonds. The number of guanidine groups is 1. The van der Waals surface area contributed by atoms with Gasteiger partial charge < -0.3 is 24.5 Å². The fourth-order valence-electron chi connectivity index (χ4n) is 1.47. The number of nitrogens with one attached hydrogen (secondary N) is 2. The van der Waals surface area contributed by atoms with Crippen LogP contribution in [0, 0.1) is 0 Å². The molecule has 0 aliphatic rings. The number of rotatable bonds is 9. The lowest BCUT2D eigenvalue weighted by Crippen LogP contribution is -2.39. The van der Waals surface area contributed by atoms with E-state index in [1.165, 1.54) is 0 Å². The van der Waals surface area contributed by atoms with E-state index in [4.69, 9.17) is 13.9 Å². The van der Waals surface area contributed by atoms with Crippen molar-refractivity contribution in [1.82, 2.24) is 10.6 Å². The minimum Gasteiger partial charge on any atom is -0.469 e. The van der Waals surface area contributed by atoms with Gasteiger partial charge in [0.15, 0.2) is 5.96 Å². The largest absolute Gasteiger partial charge is 0.469 e. The smallest absolute Gasteiger partial charge is 0.191 e. The highest BCUT2D eigenvalue weighted by atomic mass is 127. The zero-order chi connectivity index (χ0) is 13.8. The molecule has 0 aromatic carbocycles. The molecule has 0 aliphatic carbocycles. The minimum absolute atomic E-state index is 0. The fraction of sp³-hybridized carbons (Fsp3) is 0.615. The Balaban J connectivity index is 0.00000361. The molecule has 0 radical (unpaired) electrons. The van der Waals surface area contributed by atoms with Crippen molar-refractivity contribution in [3.8, 4) is 0 Å². The second kappa shape index (κ2) is 13.2. The average molecular weight is 397 g/mol. The van der Waals surface area contributed by atoms with Crippen molar-refractivity contribution in [3.05, 3.63) is 24.2 Å². The van der Waals surface area contributed by atoms with Crippen molar-refractivity contribution in [1.29, 1.82) is 0 Å². The van der Waals surface area contributed by atoms with Gasteiger partial charge in [-0.05, 0) is 12.1 Å². The summed E-state index contributed by atoms with van der Waals surface area (Å²) in [6.07, 6.45) is 2.51. The van der Waals surface area contributed by atoms with Gasteiger partial charge in [-0.25, -0.2) is 0 Å². The first-order valence-electron chi connectivity index (χ1n) is 6.40. The fourth-order valence-corrected chi connectivity index (χ4v) is 1.47. The first kappa shape index (κ1) is 19.2. The Morgan fingerprint density at radius 3 is 2.70 bits per heavy atom. The number of furan rings is 1. The second-order valence-electron chi connectivity index (χ2n) is 3.86. The lowest BCUT2D eigenvalue weighted by atomic mass is 10.3. The lowest BCUT2D eigenvalue weighted by Gasteiger charge is -2.11. The number of hydrogen-bond acceptors (Lipinski definition) is 4. The molecule has 0 bridgehead atoms. The first-order chi connectivity index (χ1) is 9.36. The summed E-state index contributed by atoms with van der Waals surface area (Å²) in [6, 6.07) is 3.85. The molecule has 1 heterocycles. The first-order valence-corrected chi connectivity index (χ1v) is 6.40. The van der Waals surface area contributed by atoms with Gasteiger partial charge in [0.05, 0.1) is 26.1 Å². The standard InChI is InChI=1S/C13H23N3O3.HI/c1-14-13(16-7-9-18-11-10-17-2)15-6-5-12-4-3-8-19-12;/h3-4,8H,5-7,9-11H2,1-2H3,(H2,14,15,16);1H. The van der Waals surface area contributed by atoms with Crippen LogP contribution in [0.2, 0.25) is 0 Å². The van der Waals surface area contributed by atoms with Gasteiger partial charge in [0.2, 0.25) is 0 Å². The van der Waals surface area contributed by atoms with Gasteiger partial charge in [0.1, 0.15) is 5.76 Å². The van der Waals surface area contributed by atoms with Crippen LogP contribution in [0.15, 0.2) is 27.8 Å². The van der Waals surface area contributed by atoms with E-state index in [1.54, 1.807) is 20.4 Å². The van der Waals surface area contributed by atoms with Gasteiger partial charge in [-0.2, -0.15) is 0 Å². The Kier molecular flexibility index (Phi) is 12.7. The average Bonchev–Trinajstić information content (AvgIpc) is 2.93. The zero-order valence-corrected chi connectivity index (χ0v) is 14.4. The monoisotopic (exact) mass is 397 g/mol. The van der Waals surface area contributed by atoms with E-state index in [1.807, 2.05) is 12.1 Å². The van der Waals surface area contributed by atoms with Crippen LogP contribution in [-0.4, -0.2) is 53.0 Å². The Labute approximate surface area is 137 Å². The molecule has 0 saturated heterocycles. The molecular weight excluding hydrogens is 373 g/mol. The van der Waals surface area contributed by atoms with Crippen molar-refractivity contribution in [2.24, 2.45) is 4.99 Å². The highest BCUT2D eigenvalue weighted by Crippen LogP contribution is 1.99. The minimum atomic E-state index is 0. The Morgan fingerprint density at radius 2 is 2.05 bits per heavy atom. The molecule has 2 N–H and O–H groups in total. The van der Waals surface area contributed by atoms with E-state index in [-0.39, 0.29) is 24.0 Å². The van der Waals surface area contributed by atoms with E-state index < -0.39 is 0 Å². The summed E-state index contributed by atoms with van der Waals surface area (Å²) in [6.45, 7) is 3.35. The van der Waals surface area contributed by atoms with Crippen molar-refractivity contribution in [2.75, 3.05) is 47.1 Å². The van der Waals surface area contributed by atoms with Crippen LogP contribution in [-0.2, 0) is 15.9 Å². The molecule has 0 saturated carbocycles. The van der Waals surface area contributed by atoms with E-state index in [0.717, 1.165) is 24.7 Å². The predicted octanol–water partition coefficient (Wildman–Crippen LogP) is 1.27. The Hall–Kier alpha value is -0.800. The molecule has 20 heavy (non-hydrogen) atoms. The summed E-state index contributed by atoms with van der Waals surface area (Å²) in [4.78, 5) is 4.12. The molecular formula is C13H24IN3O3. The van der Waals surface area contributed by atoms with Crippen LogP contribution < -0.4 is 10.6 Å². The summed E-state index contributed by atoms with van der Waals surface area (Å²) in [5.41, 5.74) is 0. The molecule has 116 valence electrons. The number of halogens is 1. The summed E-state index contributed by atoms with van der Waals surface area (Å²) >= 11 is 0. The predicted molar refractivity (Wildman–Crippen MR) is 89.9 cm³/mol. The summed E-state index contributed by atoms with van der Waals surface area (Å²) < 4.78 is 15.5. The summed E-state index contributed by atoms with van der Waals surface area (Å²) in [5.74, 6) is 1.73. The van der Waals surface area contributed by atoms with E-state index in [2.05, 4.69) is 15.6 Å². The molecule has 0 unspecified atom stereocenters. The van der Waals surface area contributed by atoms with Crippen LogP contribution in [0.3, 0.4) is 0 Å². The van der Waals surface area contributed by atoms with Crippen molar-refractivity contribution in [2.45, 2.75) is 6.42 Å². The van der Waals surface area contributed by atoms with Crippen molar-refractivity contribution in [3.63, 3.8) is 0 Å². The molecule has 7 heteroatoms. The number of hydrogen-bond donors (Lipinski definition) is 2. The van der Waals surface area contributed by atoms with Gasteiger partial charge in [0.25, 0.3) is 0 Å². The molecule has 0 aliphatic heterocycles. The lowest BCUT2D eigenvalue weighted by molar-refractivity contribution is 0.0733. The summed E-state index contributed by atoms with van der Waals surface area (Å²) in [7, 11) is 3.40. The summed E-state index contributed by atoms with van der Waals surface area (Å²) in [5, 5.41) is 6.38. The quantitative estimate of drug-likeness (QED) is 0.284. The zero-order valence-electron chi connectivity index (χ0n) is 12.1. The third-order valence-corrected chi connectivity index (χ3v) is 2.44. The van der Waals surface area contributed by atoms with Gasteiger partial charge in [-0.15, -0.1) is 24.0 Å². The maximum atomic E-state index is 5.35. The van der Waals surface area contributed by atoms with Crippen LogP contribution in [0.1, 0.15) is 5.76 Å². The molecule has 1 rings (SSSR count). The van der Waals surface area contributed by atoms with Crippen LogP contribution >= 0.6 is 24.0 Å².